The number of fused-ring (bicyclic) bond motifs is 1. The van der Waals surface area contributed by atoms with Gasteiger partial charge in [-0.2, -0.15) is 0 Å². The fraction of sp³-hybridized carbons (Fsp3) is 0.296. The Morgan fingerprint density at radius 1 is 0.788 bits per heavy atom. The normalized spacial score (nSPS) is 15.1. The molecule has 1 heterocycles. The first-order chi connectivity index (χ1) is 16.1. The van der Waals surface area contributed by atoms with Gasteiger partial charge < -0.3 is 23.8 Å². The summed E-state index contributed by atoms with van der Waals surface area (Å²) in [7, 11) is 6.46. The first-order valence-corrected chi connectivity index (χ1v) is 10.9. The first kappa shape index (κ1) is 22.5. The van der Waals surface area contributed by atoms with Crippen LogP contribution in [0.25, 0.3) is 0 Å². The molecule has 3 aromatic carbocycles. The number of ether oxygens (including phenoxy) is 4. The molecule has 0 spiro atoms. The summed E-state index contributed by atoms with van der Waals surface area (Å²) in [5.41, 5.74) is 4.17. The van der Waals surface area contributed by atoms with Crippen molar-refractivity contribution >= 4 is 5.91 Å². The summed E-state index contributed by atoms with van der Waals surface area (Å²) >= 11 is 0. The number of hydrogen-bond donors (Lipinski definition) is 0. The number of benzene rings is 3. The number of rotatable bonds is 8. The summed E-state index contributed by atoms with van der Waals surface area (Å²) in [4.78, 5) is 15.6. The molecular formula is C27H29NO5. The highest BCUT2D eigenvalue weighted by atomic mass is 16.5. The average molecular weight is 448 g/mol. The van der Waals surface area contributed by atoms with Crippen molar-refractivity contribution in [3.8, 4) is 23.0 Å². The van der Waals surface area contributed by atoms with Crippen molar-refractivity contribution in [2.45, 2.75) is 18.9 Å². The van der Waals surface area contributed by atoms with E-state index in [1.165, 1.54) is 0 Å². The van der Waals surface area contributed by atoms with Gasteiger partial charge in [-0.25, -0.2) is 0 Å². The quantitative estimate of drug-likeness (QED) is 0.511. The van der Waals surface area contributed by atoms with Crippen LogP contribution in [0.15, 0.2) is 60.7 Å². The monoisotopic (exact) mass is 447 g/mol. The molecule has 4 rings (SSSR count). The topological polar surface area (TPSA) is 57.2 Å². The molecule has 6 nitrogen and oxygen atoms in total. The van der Waals surface area contributed by atoms with E-state index in [1.807, 2.05) is 59.5 Å². The van der Waals surface area contributed by atoms with Crippen molar-refractivity contribution in [2.75, 3.05) is 35.0 Å². The van der Waals surface area contributed by atoms with Crippen molar-refractivity contribution in [1.82, 2.24) is 4.90 Å². The largest absolute Gasteiger partial charge is 0.493 e. The van der Waals surface area contributed by atoms with Gasteiger partial charge in [0.15, 0.2) is 23.0 Å². The standard InChI is InChI=1S/C27H29NO5/c1-30-22-11-9-18(15-24(22)32-3)13-14-28-17-20-7-5-6-8-21(20)26(27(28)29)19-10-12-23(31-2)25(16-19)33-4/h5-12,15-16,26H,13-14,17H2,1-4H3. The molecule has 6 heteroatoms. The Hall–Kier alpha value is -3.67. The predicted octanol–water partition coefficient (Wildman–Crippen LogP) is 4.44. The highest BCUT2D eigenvalue weighted by molar-refractivity contribution is 5.89. The Kier molecular flexibility index (Phi) is 6.73. The smallest absolute Gasteiger partial charge is 0.234 e. The maximum Gasteiger partial charge on any atom is 0.234 e. The fourth-order valence-electron chi connectivity index (χ4n) is 4.40. The number of nitrogens with zero attached hydrogens (tertiary/aromatic N) is 1. The molecule has 0 N–H and O–H groups in total. The van der Waals surface area contributed by atoms with Gasteiger partial charge in [0.1, 0.15) is 0 Å². The Morgan fingerprint density at radius 3 is 2.12 bits per heavy atom. The summed E-state index contributed by atoms with van der Waals surface area (Å²) in [6.07, 6.45) is 0.715. The second-order valence-corrected chi connectivity index (χ2v) is 7.95. The van der Waals surface area contributed by atoms with Crippen LogP contribution < -0.4 is 18.9 Å². The molecule has 1 atom stereocenters. The van der Waals surface area contributed by atoms with Crippen LogP contribution in [-0.4, -0.2) is 45.8 Å². The van der Waals surface area contributed by atoms with E-state index >= 15 is 0 Å². The van der Waals surface area contributed by atoms with E-state index in [0.29, 0.717) is 42.5 Å². The number of carbonyl (C=O) groups excluding carboxylic acids is 1. The molecule has 33 heavy (non-hydrogen) atoms. The number of amides is 1. The van der Waals surface area contributed by atoms with Crippen LogP contribution in [0, 0.1) is 0 Å². The number of hydrogen-bond acceptors (Lipinski definition) is 5. The van der Waals surface area contributed by atoms with Crippen molar-refractivity contribution in [1.29, 1.82) is 0 Å². The minimum absolute atomic E-state index is 0.0846. The zero-order valence-electron chi connectivity index (χ0n) is 19.5. The van der Waals surface area contributed by atoms with Crippen LogP contribution >= 0.6 is 0 Å². The van der Waals surface area contributed by atoms with Gasteiger partial charge in [0.2, 0.25) is 5.91 Å². The molecule has 1 aliphatic heterocycles. The molecule has 0 aliphatic carbocycles. The van der Waals surface area contributed by atoms with E-state index < -0.39 is 0 Å². The summed E-state index contributed by atoms with van der Waals surface area (Å²) in [6, 6.07) is 19.7. The van der Waals surface area contributed by atoms with Crippen molar-refractivity contribution in [2.24, 2.45) is 0 Å². The Balaban J connectivity index is 1.62. The van der Waals surface area contributed by atoms with Crippen LogP contribution in [0.2, 0.25) is 0 Å². The number of methoxy groups -OCH3 is 4. The number of carbonyl (C=O) groups is 1. The van der Waals surface area contributed by atoms with Crippen LogP contribution in [0.5, 0.6) is 23.0 Å². The summed E-state index contributed by atoms with van der Waals surface area (Å²) < 4.78 is 21.6. The molecule has 1 aliphatic rings. The minimum atomic E-state index is -0.389. The third kappa shape index (κ3) is 4.46. The van der Waals surface area contributed by atoms with Gasteiger partial charge in [0, 0.05) is 13.1 Å². The molecule has 1 amide bonds. The average Bonchev–Trinajstić information content (AvgIpc) is 2.86. The lowest BCUT2D eigenvalue weighted by molar-refractivity contribution is -0.133. The molecule has 0 radical (unpaired) electrons. The SMILES string of the molecule is COc1ccc(CCN2Cc3ccccc3C(c3ccc(OC)c(OC)c3)C2=O)cc1OC. The van der Waals surface area contributed by atoms with Gasteiger partial charge in [0.05, 0.1) is 34.4 Å². The van der Waals surface area contributed by atoms with Gasteiger partial charge >= 0.3 is 0 Å². The maximum atomic E-state index is 13.7. The molecule has 0 fully saturated rings. The molecule has 0 saturated heterocycles. The summed E-state index contributed by atoms with van der Waals surface area (Å²) in [6.45, 7) is 1.19. The molecule has 0 bridgehead atoms. The van der Waals surface area contributed by atoms with Crippen LogP contribution in [0.3, 0.4) is 0 Å². The molecule has 0 aromatic heterocycles. The second-order valence-electron chi connectivity index (χ2n) is 7.95. The Labute approximate surface area is 194 Å². The van der Waals surface area contributed by atoms with Gasteiger partial charge in [-0.15, -0.1) is 0 Å². The predicted molar refractivity (Wildman–Crippen MR) is 126 cm³/mol. The van der Waals surface area contributed by atoms with E-state index in [2.05, 4.69) is 6.07 Å². The van der Waals surface area contributed by atoms with Crippen LogP contribution in [0.1, 0.15) is 28.2 Å². The zero-order valence-corrected chi connectivity index (χ0v) is 19.5. The van der Waals surface area contributed by atoms with Crippen LogP contribution in [-0.2, 0) is 17.8 Å². The second kappa shape index (κ2) is 9.86. The molecule has 3 aromatic rings. The molecular weight excluding hydrogens is 418 g/mol. The molecule has 1 unspecified atom stereocenters. The van der Waals surface area contributed by atoms with Crippen molar-refractivity contribution in [3.63, 3.8) is 0 Å². The third-order valence-electron chi connectivity index (χ3n) is 6.15. The Bertz CT molecular complexity index is 1140. The van der Waals surface area contributed by atoms with E-state index in [4.69, 9.17) is 18.9 Å². The molecule has 0 saturated carbocycles. The third-order valence-corrected chi connectivity index (χ3v) is 6.15. The highest BCUT2D eigenvalue weighted by Gasteiger charge is 2.34. The van der Waals surface area contributed by atoms with Gasteiger partial charge in [-0.3, -0.25) is 4.79 Å². The van der Waals surface area contributed by atoms with E-state index in [0.717, 1.165) is 22.3 Å². The van der Waals surface area contributed by atoms with E-state index in [1.54, 1.807) is 28.4 Å². The zero-order chi connectivity index (χ0) is 23.4. The lowest BCUT2D eigenvalue weighted by Crippen LogP contribution is -2.40. The van der Waals surface area contributed by atoms with Gasteiger partial charge in [-0.1, -0.05) is 36.4 Å². The van der Waals surface area contributed by atoms with Crippen molar-refractivity contribution in [3.05, 3.63) is 82.9 Å². The highest BCUT2D eigenvalue weighted by Crippen LogP contribution is 2.38. The summed E-state index contributed by atoms with van der Waals surface area (Å²) in [5, 5.41) is 0. The lowest BCUT2D eigenvalue weighted by atomic mass is 9.83. The Morgan fingerprint density at radius 2 is 1.42 bits per heavy atom. The fourth-order valence-corrected chi connectivity index (χ4v) is 4.40. The van der Waals surface area contributed by atoms with E-state index in [9.17, 15) is 4.79 Å². The first-order valence-electron chi connectivity index (χ1n) is 10.9. The molecule has 172 valence electrons. The maximum absolute atomic E-state index is 13.7. The lowest BCUT2D eigenvalue weighted by Gasteiger charge is -2.34. The van der Waals surface area contributed by atoms with Crippen LogP contribution in [0.4, 0.5) is 0 Å². The van der Waals surface area contributed by atoms with E-state index in [-0.39, 0.29) is 11.8 Å². The van der Waals surface area contributed by atoms with Gasteiger partial charge in [0.25, 0.3) is 0 Å². The summed E-state index contributed by atoms with van der Waals surface area (Å²) in [5.74, 6) is 2.33. The minimum Gasteiger partial charge on any atom is -0.493 e. The van der Waals surface area contributed by atoms with Crippen molar-refractivity contribution < 1.29 is 23.7 Å². The van der Waals surface area contributed by atoms with Gasteiger partial charge in [-0.05, 0) is 52.9 Å².